The second-order valence-corrected chi connectivity index (χ2v) is 6.35. The molecule has 0 spiro atoms. The molecule has 8 heteroatoms. The van der Waals surface area contributed by atoms with E-state index in [2.05, 4.69) is 4.98 Å². The molecule has 1 aromatic carbocycles. The zero-order chi connectivity index (χ0) is 20.1. The molecule has 3 rings (SSSR count). The van der Waals surface area contributed by atoms with Gasteiger partial charge in [-0.3, -0.25) is 4.79 Å². The summed E-state index contributed by atoms with van der Waals surface area (Å²) in [5, 5.41) is 0. The Labute approximate surface area is 160 Å². The van der Waals surface area contributed by atoms with Gasteiger partial charge in [0.1, 0.15) is 11.6 Å². The van der Waals surface area contributed by atoms with E-state index < -0.39 is 11.7 Å². The Hall–Kier alpha value is -3.03. The van der Waals surface area contributed by atoms with Gasteiger partial charge in [0.15, 0.2) is 0 Å². The maximum atomic E-state index is 12.9. The van der Waals surface area contributed by atoms with Crippen molar-refractivity contribution in [1.29, 1.82) is 0 Å². The van der Waals surface area contributed by atoms with Crippen molar-refractivity contribution < 1.29 is 22.4 Å². The molecule has 1 amide bonds. The number of hydrogen-bond donors (Lipinski definition) is 0. The number of aromatic nitrogens is 2. The molecule has 0 aliphatic heterocycles. The van der Waals surface area contributed by atoms with Crippen LogP contribution in [-0.4, -0.2) is 20.4 Å². The molecule has 5 nitrogen and oxygen atoms in total. The molecular formula is C20H20F3N3O2. The van der Waals surface area contributed by atoms with E-state index in [1.54, 1.807) is 53.2 Å². The predicted octanol–water partition coefficient (Wildman–Crippen LogP) is 4.48. The van der Waals surface area contributed by atoms with Gasteiger partial charge in [-0.2, -0.15) is 13.2 Å². The third-order valence-corrected chi connectivity index (χ3v) is 4.32. The van der Waals surface area contributed by atoms with Crippen LogP contribution in [0.5, 0.6) is 0 Å². The third kappa shape index (κ3) is 4.82. The van der Waals surface area contributed by atoms with Crippen LogP contribution in [0.25, 0.3) is 0 Å². The lowest BCUT2D eigenvalue weighted by Gasteiger charge is -2.21. The molecule has 0 saturated carbocycles. The van der Waals surface area contributed by atoms with Gasteiger partial charge >= 0.3 is 6.18 Å². The zero-order valence-electron chi connectivity index (χ0n) is 15.3. The number of benzene rings is 1. The molecule has 0 aliphatic rings. The van der Waals surface area contributed by atoms with Gasteiger partial charge < -0.3 is 13.9 Å². The van der Waals surface area contributed by atoms with Gasteiger partial charge in [0.25, 0.3) is 0 Å². The molecule has 0 N–H and O–H groups in total. The number of amides is 1. The van der Waals surface area contributed by atoms with Crippen LogP contribution in [0.1, 0.15) is 36.1 Å². The van der Waals surface area contributed by atoms with Crippen LogP contribution < -0.4 is 0 Å². The average Bonchev–Trinajstić information content (AvgIpc) is 3.32. The second kappa shape index (κ2) is 8.33. The van der Waals surface area contributed by atoms with Crippen LogP contribution in [0.15, 0.2) is 59.5 Å². The Morgan fingerprint density at radius 3 is 2.71 bits per heavy atom. The molecule has 0 aliphatic carbocycles. The van der Waals surface area contributed by atoms with E-state index in [-0.39, 0.29) is 19.0 Å². The Morgan fingerprint density at radius 2 is 2.04 bits per heavy atom. The Balaban J connectivity index is 1.78. The van der Waals surface area contributed by atoms with Gasteiger partial charge in [0.05, 0.1) is 24.9 Å². The minimum atomic E-state index is -4.39. The first kappa shape index (κ1) is 19.7. The van der Waals surface area contributed by atoms with Gasteiger partial charge in [-0.25, -0.2) is 4.98 Å². The lowest BCUT2D eigenvalue weighted by Crippen LogP contribution is -2.30. The third-order valence-electron chi connectivity index (χ3n) is 4.32. The molecule has 2 heterocycles. The minimum Gasteiger partial charge on any atom is -0.467 e. The largest absolute Gasteiger partial charge is 0.467 e. The molecule has 0 saturated heterocycles. The maximum Gasteiger partial charge on any atom is 0.416 e. The smallest absolute Gasteiger partial charge is 0.416 e. The quantitative estimate of drug-likeness (QED) is 0.597. The van der Waals surface area contributed by atoms with E-state index >= 15 is 0 Å². The van der Waals surface area contributed by atoms with Gasteiger partial charge in [0.2, 0.25) is 5.91 Å². The molecule has 0 bridgehead atoms. The van der Waals surface area contributed by atoms with Crippen molar-refractivity contribution in [3.63, 3.8) is 0 Å². The van der Waals surface area contributed by atoms with Crippen LogP contribution in [0.4, 0.5) is 13.2 Å². The SMILES string of the molecule is CCC(=O)N(Cc1ccco1)Cc1nccn1Cc1cccc(C(F)(F)F)c1. The van der Waals surface area contributed by atoms with Crippen LogP contribution in [0.3, 0.4) is 0 Å². The second-order valence-electron chi connectivity index (χ2n) is 6.35. The minimum absolute atomic E-state index is 0.0648. The van der Waals surface area contributed by atoms with E-state index in [1.165, 1.54) is 6.07 Å². The number of hydrogen-bond acceptors (Lipinski definition) is 3. The fourth-order valence-corrected chi connectivity index (χ4v) is 2.90. The highest BCUT2D eigenvalue weighted by molar-refractivity contribution is 5.75. The van der Waals surface area contributed by atoms with Gasteiger partial charge in [-0.1, -0.05) is 19.1 Å². The Bertz CT molecular complexity index is 917. The summed E-state index contributed by atoms with van der Waals surface area (Å²) in [7, 11) is 0. The van der Waals surface area contributed by atoms with E-state index in [9.17, 15) is 18.0 Å². The number of nitrogens with zero attached hydrogens (tertiary/aromatic N) is 3. The maximum absolute atomic E-state index is 12.9. The topological polar surface area (TPSA) is 51.3 Å². The number of rotatable bonds is 7. The Kier molecular flexibility index (Phi) is 5.87. The number of imidazole rings is 1. The number of carbonyl (C=O) groups excluding carboxylic acids is 1. The molecule has 0 radical (unpaired) electrons. The van der Waals surface area contributed by atoms with E-state index in [1.807, 2.05) is 0 Å². The molecule has 0 unspecified atom stereocenters. The number of furan rings is 1. The van der Waals surface area contributed by atoms with Gasteiger partial charge in [-0.05, 0) is 29.8 Å². The first-order valence-electron chi connectivity index (χ1n) is 8.83. The molecular weight excluding hydrogens is 371 g/mol. The number of carbonyl (C=O) groups is 1. The summed E-state index contributed by atoms with van der Waals surface area (Å²) in [6.07, 6.45) is 0.746. The van der Waals surface area contributed by atoms with Crippen molar-refractivity contribution in [3.05, 3.63) is 77.8 Å². The first-order valence-corrected chi connectivity index (χ1v) is 8.83. The summed E-state index contributed by atoms with van der Waals surface area (Å²) in [5.41, 5.74) is -0.180. The van der Waals surface area contributed by atoms with Crippen molar-refractivity contribution in [2.75, 3.05) is 0 Å². The van der Waals surface area contributed by atoms with Crippen molar-refractivity contribution in [2.24, 2.45) is 0 Å². The summed E-state index contributed by atoms with van der Waals surface area (Å²) in [4.78, 5) is 18.2. The highest BCUT2D eigenvalue weighted by atomic mass is 19.4. The summed E-state index contributed by atoms with van der Waals surface area (Å²) < 4.78 is 45.9. The van der Waals surface area contributed by atoms with E-state index in [0.717, 1.165) is 12.1 Å². The van der Waals surface area contributed by atoms with E-state index in [4.69, 9.17) is 4.42 Å². The number of alkyl halides is 3. The Morgan fingerprint density at radius 1 is 1.21 bits per heavy atom. The molecule has 3 aromatic rings. The summed E-state index contributed by atoms with van der Waals surface area (Å²) in [6.45, 7) is 2.54. The van der Waals surface area contributed by atoms with Crippen LogP contribution >= 0.6 is 0 Å². The summed E-state index contributed by atoms with van der Waals surface area (Å²) in [5.74, 6) is 1.17. The van der Waals surface area contributed by atoms with Crippen LogP contribution in [0, 0.1) is 0 Å². The number of halogens is 3. The van der Waals surface area contributed by atoms with Crippen LogP contribution in [-0.2, 0) is 30.6 Å². The molecule has 148 valence electrons. The molecule has 2 aromatic heterocycles. The fraction of sp³-hybridized carbons (Fsp3) is 0.300. The van der Waals surface area contributed by atoms with E-state index in [0.29, 0.717) is 30.1 Å². The normalized spacial score (nSPS) is 11.6. The fourth-order valence-electron chi connectivity index (χ4n) is 2.90. The predicted molar refractivity (Wildman–Crippen MR) is 96.0 cm³/mol. The average molecular weight is 391 g/mol. The standard InChI is InChI=1S/C20H20F3N3O2/c1-2-19(27)26(13-17-7-4-10-28-17)14-18-24-8-9-25(18)12-15-5-3-6-16(11-15)20(21,22)23/h3-11H,2,12-14H2,1H3. The molecule has 28 heavy (non-hydrogen) atoms. The zero-order valence-corrected chi connectivity index (χ0v) is 15.3. The highest BCUT2D eigenvalue weighted by Crippen LogP contribution is 2.29. The first-order chi connectivity index (χ1) is 13.4. The summed E-state index contributed by atoms with van der Waals surface area (Å²) in [6, 6.07) is 8.73. The van der Waals surface area contributed by atoms with Crippen molar-refractivity contribution in [1.82, 2.24) is 14.5 Å². The molecule has 0 fully saturated rings. The lowest BCUT2D eigenvalue weighted by atomic mass is 10.1. The van der Waals surface area contributed by atoms with Crippen molar-refractivity contribution in [2.45, 2.75) is 39.2 Å². The van der Waals surface area contributed by atoms with Gasteiger partial charge in [-0.15, -0.1) is 0 Å². The van der Waals surface area contributed by atoms with Gasteiger partial charge in [0, 0.05) is 25.4 Å². The molecule has 0 atom stereocenters. The summed E-state index contributed by atoms with van der Waals surface area (Å²) >= 11 is 0. The monoisotopic (exact) mass is 391 g/mol. The van der Waals surface area contributed by atoms with Crippen molar-refractivity contribution in [3.8, 4) is 0 Å². The van der Waals surface area contributed by atoms with Crippen LogP contribution in [0.2, 0.25) is 0 Å². The lowest BCUT2D eigenvalue weighted by molar-refractivity contribution is -0.137. The van der Waals surface area contributed by atoms with Crippen molar-refractivity contribution >= 4 is 5.91 Å². The highest BCUT2D eigenvalue weighted by Gasteiger charge is 2.30.